The summed E-state index contributed by atoms with van der Waals surface area (Å²) >= 11 is 0. The molecule has 0 bridgehead atoms. The maximum absolute atomic E-state index is 12.5. The fourth-order valence-corrected chi connectivity index (χ4v) is 4.42. The van der Waals surface area contributed by atoms with Crippen LogP contribution < -0.4 is 15.0 Å². The molecule has 1 aromatic heterocycles. The van der Waals surface area contributed by atoms with Crippen molar-refractivity contribution in [3.8, 4) is 17.1 Å². The summed E-state index contributed by atoms with van der Waals surface area (Å²) in [6.45, 7) is 6.81. The molecule has 4 rings (SSSR count). The molecule has 1 amide bonds. The van der Waals surface area contributed by atoms with Gasteiger partial charge in [0.2, 0.25) is 5.91 Å². The molecule has 2 aromatic carbocycles. The molecule has 0 atom stereocenters. The van der Waals surface area contributed by atoms with Gasteiger partial charge in [0.05, 0.1) is 32.4 Å². The molecule has 1 fully saturated rings. The van der Waals surface area contributed by atoms with Gasteiger partial charge in [0, 0.05) is 63.7 Å². The summed E-state index contributed by atoms with van der Waals surface area (Å²) < 4.78 is 15.9. The maximum atomic E-state index is 12.5. The number of rotatable bonds is 13. The second-order valence-corrected chi connectivity index (χ2v) is 9.00. The fourth-order valence-electron chi connectivity index (χ4n) is 4.42. The summed E-state index contributed by atoms with van der Waals surface area (Å²) in [4.78, 5) is 27.1. The lowest BCUT2D eigenvalue weighted by molar-refractivity contribution is -0.121. The standard InChI is InChI=1S/C28H37N5O4/c1-35-19-13-29-26(34)12-16-33(15-5-14-32-17-20-37-21-18-32)28-24-6-3-4-7-25(24)30-27(31-28)22-8-10-23(36-2)11-9-22/h3-4,6-11H,5,12-21H2,1-2H3,(H,29,34). The van der Waals surface area contributed by atoms with Crippen LogP contribution in [-0.2, 0) is 14.3 Å². The molecule has 9 nitrogen and oxygen atoms in total. The Morgan fingerprint density at radius 1 is 1.05 bits per heavy atom. The van der Waals surface area contributed by atoms with Crippen molar-refractivity contribution in [1.29, 1.82) is 0 Å². The average molecular weight is 508 g/mol. The predicted molar refractivity (Wildman–Crippen MR) is 145 cm³/mol. The predicted octanol–water partition coefficient (Wildman–Crippen LogP) is 2.99. The number of morpholine rings is 1. The number of carbonyl (C=O) groups excluding carboxylic acids is 1. The first-order valence-corrected chi connectivity index (χ1v) is 12.9. The molecule has 37 heavy (non-hydrogen) atoms. The van der Waals surface area contributed by atoms with E-state index in [0.29, 0.717) is 31.9 Å². The van der Waals surface area contributed by atoms with Crippen molar-refractivity contribution in [3.05, 3.63) is 48.5 Å². The molecule has 198 valence electrons. The van der Waals surface area contributed by atoms with Gasteiger partial charge in [-0.3, -0.25) is 9.69 Å². The smallest absolute Gasteiger partial charge is 0.221 e. The molecule has 0 spiro atoms. The summed E-state index contributed by atoms with van der Waals surface area (Å²) in [7, 11) is 3.28. The number of hydrogen-bond donors (Lipinski definition) is 1. The van der Waals surface area contributed by atoms with Gasteiger partial charge >= 0.3 is 0 Å². The van der Waals surface area contributed by atoms with Gasteiger partial charge in [0.1, 0.15) is 11.6 Å². The normalized spacial score (nSPS) is 14.0. The minimum Gasteiger partial charge on any atom is -0.497 e. The van der Waals surface area contributed by atoms with Crippen LogP contribution in [0, 0.1) is 0 Å². The van der Waals surface area contributed by atoms with Gasteiger partial charge in [-0.2, -0.15) is 0 Å². The Balaban J connectivity index is 1.59. The van der Waals surface area contributed by atoms with Crippen LogP contribution in [0.15, 0.2) is 48.5 Å². The topological polar surface area (TPSA) is 89.1 Å². The van der Waals surface area contributed by atoms with E-state index in [2.05, 4.69) is 21.2 Å². The number of anilines is 1. The van der Waals surface area contributed by atoms with Gasteiger partial charge in [-0.05, 0) is 42.8 Å². The minimum absolute atomic E-state index is 0.00367. The lowest BCUT2D eigenvalue weighted by Gasteiger charge is -2.29. The second kappa shape index (κ2) is 13.9. The van der Waals surface area contributed by atoms with Crippen LogP contribution in [-0.4, -0.2) is 94.1 Å². The van der Waals surface area contributed by atoms with Crippen LogP contribution in [0.4, 0.5) is 5.82 Å². The van der Waals surface area contributed by atoms with Crippen molar-refractivity contribution in [3.63, 3.8) is 0 Å². The lowest BCUT2D eigenvalue weighted by atomic mass is 10.1. The number of fused-ring (bicyclic) bond motifs is 1. The largest absolute Gasteiger partial charge is 0.497 e. The van der Waals surface area contributed by atoms with Crippen LogP contribution >= 0.6 is 0 Å². The molecule has 9 heteroatoms. The van der Waals surface area contributed by atoms with Crippen LogP contribution in [0.25, 0.3) is 22.3 Å². The number of aromatic nitrogens is 2. The molecule has 0 aliphatic carbocycles. The van der Waals surface area contributed by atoms with Gasteiger partial charge < -0.3 is 24.4 Å². The first kappa shape index (κ1) is 26.8. The fraction of sp³-hybridized carbons (Fsp3) is 0.464. The first-order valence-electron chi connectivity index (χ1n) is 12.9. The Kier molecular flexibility index (Phi) is 10.0. The lowest BCUT2D eigenvalue weighted by Crippen LogP contribution is -2.39. The average Bonchev–Trinajstić information content (AvgIpc) is 2.95. The van der Waals surface area contributed by atoms with E-state index < -0.39 is 0 Å². The van der Waals surface area contributed by atoms with Crippen LogP contribution in [0.1, 0.15) is 12.8 Å². The third-order valence-corrected chi connectivity index (χ3v) is 6.47. The van der Waals surface area contributed by atoms with Gasteiger partial charge in [0.15, 0.2) is 5.82 Å². The molecule has 1 aliphatic rings. The van der Waals surface area contributed by atoms with Crippen molar-refractivity contribution < 1.29 is 19.0 Å². The molecule has 0 unspecified atom stereocenters. The van der Waals surface area contributed by atoms with E-state index in [4.69, 9.17) is 24.2 Å². The maximum Gasteiger partial charge on any atom is 0.221 e. The number of nitrogens with one attached hydrogen (secondary N) is 1. The summed E-state index contributed by atoms with van der Waals surface area (Å²) in [5.74, 6) is 2.29. The summed E-state index contributed by atoms with van der Waals surface area (Å²) in [6.07, 6.45) is 1.33. The zero-order chi connectivity index (χ0) is 25.9. The Bertz CT molecular complexity index is 1140. The van der Waals surface area contributed by atoms with Crippen LogP contribution in [0.5, 0.6) is 5.75 Å². The molecule has 1 saturated heterocycles. The number of methoxy groups -OCH3 is 2. The van der Waals surface area contributed by atoms with Gasteiger partial charge in [-0.15, -0.1) is 0 Å². The first-order chi connectivity index (χ1) is 18.2. The molecule has 0 radical (unpaired) electrons. The summed E-state index contributed by atoms with van der Waals surface area (Å²) in [5, 5.41) is 3.90. The van der Waals surface area contributed by atoms with Gasteiger partial charge in [-0.1, -0.05) is 12.1 Å². The van der Waals surface area contributed by atoms with E-state index in [0.717, 1.165) is 73.8 Å². The molecular weight excluding hydrogens is 470 g/mol. The van der Waals surface area contributed by atoms with Crippen molar-refractivity contribution in [1.82, 2.24) is 20.2 Å². The quantitative estimate of drug-likeness (QED) is 0.353. The highest BCUT2D eigenvalue weighted by molar-refractivity contribution is 5.91. The Hall–Kier alpha value is -3.27. The number of ether oxygens (including phenoxy) is 3. The summed E-state index contributed by atoms with van der Waals surface area (Å²) in [6, 6.07) is 15.8. The molecule has 0 saturated carbocycles. The SMILES string of the molecule is COCCNC(=O)CCN(CCCN1CCOCC1)c1nc(-c2ccc(OC)cc2)nc2ccccc12. The molecule has 1 N–H and O–H groups in total. The van der Waals surface area contributed by atoms with E-state index in [9.17, 15) is 4.79 Å². The highest BCUT2D eigenvalue weighted by Gasteiger charge is 2.18. The highest BCUT2D eigenvalue weighted by Crippen LogP contribution is 2.29. The highest BCUT2D eigenvalue weighted by atomic mass is 16.5. The number of amides is 1. The monoisotopic (exact) mass is 507 g/mol. The van der Waals surface area contributed by atoms with Crippen molar-refractivity contribution in [2.24, 2.45) is 0 Å². The summed E-state index contributed by atoms with van der Waals surface area (Å²) in [5.41, 5.74) is 1.79. The Labute approximate surface area is 218 Å². The molecule has 3 aromatic rings. The Morgan fingerprint density at radius 3 is 2.59 bits per heavy atom. The van der Waals surface area contributed by atoms with E-state index in [1.165, 1.54) is 0 Å². The van der Waals surface area contributed by atoms with Crippen LogP contribution in [0.3, 0.4) is 0 Å². The second-order valence-electron chi connectivity index (χ2n) is 9.00. The third-order valence-electron chi connectivity index (χ3n) is 6.47. The molecule has 1 aliphatic heterocycles. The third kappa shape index (κ3) is 7.61. The number of benzene rings is 2. The van der Waals surface area contributed by atoms with Crippen molar-refractivity contribution in [2.75, 3.05) is 78.2 Å². The zero-order valence-electron chi connectivity index (χ0n) is 21.8. The van der Waals surface area contributed by atoms with Gasteiger partial charge in [-0.25, -0.2) is 9.97 Å². The van der Waals surface area contributed by atoms with E-state index >= 15 is 0 Å². The van der Waals surface area contributed by atoms with Crippen LogP contribution in [0.2, 0.25) is 0 Å². The number of para-hydroxylation sites is 1. The van der Waals surface area contributed by atoms with E-state index in [1.807, 2.05) is 42.5 Å². The van der Waals surface area contributed by atoms with Crippen molar-refractivity contribution >= 4 is 22.6 Å². The zero-order valence-corrected chi connectivity index (χ0v) is 21.8. The number of carbonyl (C=O) groups is 1. The molecule has 2 heterocycles. The Morgan fingerprint density at radius 2 is 1.84 bits per heavy atom. The van der Waals surface area contributed by atoms with E-state index in [-0.39, 0.29) is 5.91 Å². The number of hydrogen-bond acceptors (Lipinski definition) is 8. The van der Waals surface area contributed by atoms with Crippen molar-refractivity contribution in [2.45, 2.75) is 12.8 Å². The minimum atomic E-state index is 0.00367. The van der Waals surface area contributed by atoms with E-state index in [1.54, 1.807) is 14.2 Å². The number of nitrogens with zero attached hydrogens (tertiary/aromatic N) is 4. The molecular formula is C28H37N5O4. The van der Waals surface area contributed by atoms with Gasteiger partial charge in [0.25, 0.3) is 0 Å².